The van der Waals surface area contributed by atoms with Crippen LogP contribution < -0.4 is 16.0 Å². The standard InChI is InChI=1S/C18H24N6O3/c1-27-18(26)13-4-2-3-5-14(13)22-16-15(19)17(21-12-20-16)24-8-6-23(7-9-24)10-11-25/h2-5,12,25H,6-11,19H2,1H3,(H,20,21,22). The first-order valence-electron chi connectivity index (χ1n) is 8.77. The molecule has 3 rings (SSSR count). The number of β-amino-alcohol motifs (C(OH)–C–C–N with tert-alkyl or cyclic N) is 1. The van der Waals surface area contributed by atoms with Crippen LogP contribution in [-0.2, 0) is 4.74 Å². The van der Waals surface area contributed by atoms with Gasteiger partial charge in [0.2, 0.25) is 0 Å². The number of nitrogens with zero attached hydrogens (tertiary/aromatic N) is 4. The topological polar surface area (TPSA) is 117 Å². The summed E-state index contributed by atoms with van der Waals surface area (Å²) < 4.78 is 4.82. The summed E-state index contributed by atoms with van der Waals surface area (Å²) >= 11 is 0. The first-order valence-corrected chi connectivity index (χ1v) is 8.77. The number of esters is 1. The van der Waals surface area contributed by atoms with Gasteiger partial charge in [0.05, 0.1) is 25.0 Å². The Hall–Kier alpha value is -2.91. The summed E-state index contributed by atoms with van der Waals surface area (Å²) in [5, 5.41) is 12.2. The van der Waals surface area contributed by atoms with Crippen molar-refractivity contribution in [1.29, 1.82) is 0 Å². The van der Waals surface area contributed by atoms with Gasteiger partial charge in [-0.1, -0.05) is 12.1 Å². The lowest BCUT2D eigenvalue weighted by Crippen LogP contribution is -2.47. The zero-order chi connectivity index (χ0) is 19.2. The number of anilines is 4. The van der Waals surface area contributed by atoms with Crippen LogP contribution in [0.1, 0.15) is 10.4 Å². The quantitative estimate of drug-likeness (QED) is 0.630. The Morgan fingerprint density at radius 2 is 2.00 bits per heavy atom. The third-order valence-electron chi connectivity index (χ3n) is 4.54. The van der Waals surface area contributed by atoms with E-state index < -0.39 is 5.97 Å². The van der Waals surface area contributed by atoms with E-state index in [1.54, 1.807) is 18.2 Å². The Morgan fingerprint density at radius 1 is 1.26 bits per heavy atom. The van der Waals surface area contributed by atoms with Crippen molar-refractivity contribution in [2.24, 2.45) is 0 Å². The summed E-state index contributed by atoms with van der Waals surface area (Å²) in [5.74, 6) is 0.659. The summed E-state index contributed by atoms with van der Waals surface area (Å²) in [6.07, 6.45) is 1.45. The van der Waals surface area contributed by atoms with E-state index in [4.69, 9.17) is 15.6 Å². The molecule has 0 radical (unpaired) electrons. The van der Waals surface area contributed by atoms with Crippen LogP contribution in [0.3, 0.4) is 0 Å². The Morgan fingerprint density at radius 3 is 2.70 bits per heavy atom. The third-order valence-corrected chi connectivity index (χ3v) is 4.54. The van der Waals surface area contributed by atoms with Crippen molar-refractivity contribution < 1.29 is 14.6 Å². The number of aliphatic hydroxyl groups is 1. The number of hydrogen-bond acceptors (Lipinski definition) is 9. The molecule has 0 saturated carbocycles. The lowest BCUT2D eigenvalue weighted by Gasteiger charge is -2.35. The fourth-order valence-corrected chi connectivity index (χ4v) is 3.07. The molecule has 0 spiro atoms. The molecule has 0 unspecified atom stereocenters. The summed E-state index contributed by atoms with van der Waals surface area (Å²) in [4.78, 5) is 24.8. The number of hydrogen-bond donors (Lipinski definition) is 3. The maximum atomic E-state index is 12.0. The minimum atomic E-state index is -0.439. The van der Waals surface area contributed by atoms with Crippen LogP contribution in [0.2, 0.25) is 0 Å². The highest BCUT2D eigenvalue weighted by atomic mass is 16.5. The van der Waals surface area contributed by atoms with Crippen LogP contribution >= 0.6 is 0 Å². The molecular weight excluding hydrogens is 348 g/mol. The number of methoxy groups -OCH3 is 1. The first kappa shape index (κ1) is 18.9. The molecule has 1 fully saturated rings. The fourth-order valence-electron chi connectivity index (χ4n) is 3.07. The molecule has 1 aliphatic heterocycles. The van der Waals surface area contributed by atoms with Gasteiger partial charge in [0.15, 0.2) is 11.6 Å². The number of carbonyl (C=O) groups is 1. The molecular formula is C18H24N6O3. The van der Waals surface area contributed by atoms with Gasteiger partial charge in [-0.05, 0) is 12.1 Å². The molecule has 9 nitrogen and oxygen atoms in total. The van der Waals surface area contributed by atoms with Gasteiger partial charge in [0, 0.05) is 32.7 Å². The van der Waals surface area contributed by atoms with Gasteiger partial charge in [-0.2, -0.15) is 0 Å². The monoisotopic (exact) mass is 372 g/mol. The van der Waals surface area contributed by atoms with Gasteiger partial charge < -0.3 is 25.8 Å². The Labute approximate surface area is 157 Å². The van der Waals surface area contributed by atoms with E-state index >= 15 is 0 Å². The predicted octanol–water partition coefficient (Wildman–Crippen LogP) is 0.703. The van der Waals surface area contributed by atoms with Crippen LogP contribution in [0.15, 0.2) is 30.6 Å². The van der Waals surface area contributed by atoms with Crippen molar-refractivity contribution in [3.63, 3.8) is 0 Å². The van der Waals surface area contributed by atoms with Gasteiger partial charge in [0.25, 0.3) is 0 Å². The number of rotatable bonds is 6. The minimum Gasteiger partial charge on any atom is -0.465 e. The molecule has 4 N–H and O–H groups in total. The van der Waals surface area contributed by atoms with Crippen molar-refractivity contribution in [1.82, 2.24) is 14.9 Å². The predicted molar refractivity (Wildman–Crippen MR) is 103 cm³/mol. The van der Waals surface area contributed by atoms with Crippen LogP contribution in [0, 0.1) is 0 Å². The van der Waals surface area contributed by atoms with Crippen LogP contribution in [0.5, 0.6) is 0 Å². The van der Waals surface area contributed by atoms with Crippen molar-refractivity contribution in [2.75, 3.05) is 62.4 Å². The maximum absolute atomic E-state index is 12.0. The van der Waals surface area contributed by atoms with Gasteiger partial charge in [-0.25, -0.2) is 14.8 Å². The molecule has 27 heavy (non-hydrogen) atoms. The summed E-state index contributed by atoms with van der Waals surface area (Å²) in [7, 11) is 1.34. The van der Waals surface area contributed by atoms with Crippen molar-refractivity contribution >= 4 is 29.0 Å². The molecule has 0 atom stereocenters. The van der Waals surface area contributed by atoms with E-state index in [1.165, 1.54) is 13.4 Å². The number of aromatic nitrogens is 2. The van der Waals surface area contributed by atoms with Crippen LogP contribution in [-0.4, -0.2) is 72.4 Å². The van der Waals surface area contributed by atoms with E-state index in [9.17, 15) is 4.79 Å². The van der Waals surface area contributed by atoms with E-state index in [1.807, 2.05) is 6.07 Å². The highest BCUT2D eigenvalue weighted by molar-refractivity contribution is 5.97. The maximum Gasteiger partial charge on any atom is 0.339 e. The Kier molecular flexibility index (Phi) is 6.05. The third kappa shape index (κ3) is 4.26. The molecule has 1 aromatic heterocycles. The lowest BCUT2D eigenvalue weighted by atomic mass is 10.2. The van der Waals surface area contributed by atoms with E-state index in [2.05, 4.69) is 25.1 Å². The molecule has 0 amide bonds. The largest absolute Gasteiger partial charge is 0.465 e. The fraction of sp³-hybridized carbons (Fsp3) is 0.389. The molecule has 2 heterocycles. The van der Waals surface area contributed by atoms with Gasteiger partial charge in [0.1, 0.15) is 12.0 Å². The van der Waals surface area contributed by atoms with Gasteiger partial charge in [-0.3, -0.25) is 4.90 Å². The molecule has 9 heteroatoms. The van der Waals surface area contributed by atoms with Crippen molar-refractivity contribution in [2.45, 2.75) is 0 Å². The molecule has 144 valence electrons. The zero-order valence-electron chi connectivity index (χ0n) is 15.3. The van der Waals surface area contributed by atoms with E-state index in [0.29, 0.717) is 35.1 Å². The number of para-hydroxylation sites is 1. The molecule has 0 aliphatic carbocycles. The molecule has 1 saturated heterocycles. The zero-order valence-corrected chi connectivity index (χ0v) is 15.3. The van der Waals surface area contributed by atoms with Crippen LogP contribution in [0.25, 0.3) is 0 Å². The normalized spacial score (nSPS) is 14.8. The molecule has 1 aromatic carbocycles. The number of ether oxygens (including phenoxy) is 1. The highest BCUT2D eigenvalue weighted by Crippen LogP contribution is 2.30. The molecule has 1 aliphatic rings. The Bertz CT molecular complexity index is 792. The summed E-state index contributed by atoms with van der Waals surface area (Å²) in [5.41, 5.74) is 7.70. The van der Waals surface area contributed by atoms with E-state index in [-0.39, 0.29) is 6.61 Å². The van der Waals surface area contributed by atoms with Crippen LogP contribution in [0.4, 0.5) is 23.0 Å². The smallest absolute Gasteiger partial charge is 0.339 e. The highest BCUT2D eigenvalue weighted by Gasteiger charge is 2.21. The van der Waals surface area contributed by atoms with Gasteiger partial charge in [-0.15, -0.1) is 0 Å². The van der Waals surface area contributed by atoms with Gasteiger partial charge >= 0.3 is 5.97 Å². The second-order valence-corrected chi connectivity index (χ2v) is 6.17. The minimum absolute atomic E-state index is 0.156. The first-order chi connectivity index (χ1) is 13.1. The summed E-state index contributed by atoms with van der Waals surface area (Å²) in [6.45, 7) is 4.02. The number of benzene rings is 1. The number of nitrogens with two attached hydrogens (primary N) is 1. The lowest BCUT2D eigenvalue weighted by molar-refractivity contribution is 0.0602. The van der Waals surface area contributed by atoms with Crippen molar-refractivity contribution in [3.05, 3.63) is 36.2 Å². The number of nitrogens with one attached hydrogen (secondary N) is 1. The van der Waals surface area contributed by atoms with E-state index in [0.717, 1.165) is 26.2 Å². The second kappa shape index (κ2) is 8.65. The SMILES string of the molecule is COC(=O)c1ccccc1Nc1ncnc(N2CCN(CCO)CC2)c1N. The van der Waals surface area contributed by atoms with Crippen molar-refractivity contribution in [3.8, 4) is 0 Å². The average Bonchev–Trinajstić information content (AvgIpc) is 2.70. The number of nitrogen functional groups attached to an aromatic ring is 1. The molecule has 2 aromatic rings. The number of piperazine rings is 1. The summed E-state index contributed by atoms with van der Waals surface area (Å²) in [6, 6.07) is 7.01. The molecule has 0 bridgehead atoms. The average molecular weight is 372 g/mol. The second-order valence-electron chi connectivity index (χ2n) is 6.17. The number of aliphatic hydroxyl groups excluding tert-OH is 1. The Balaban J connectivity index is 1.80. The number of carbonyl (C=O) groups excluding carboxylic acids is 1.